The minimum Gasteiger partial charge on any atom is -0.377 e. The van der Waals surface area contributed by atoms with Gasteiger partial charge in [0.05, 0.1) is 12.6 Å². The second-order valence-corrected chi connectivity index (χ2v) is 4.42. The van der Waals surface area contributed by atoms with E-state index in [0.717, 1.165) is 30.6 Å². The first kappa shape index (κ1) is 9.34. The fourth-order valence-electron chi connectivity index (χ4n) is 1.58. The third kappa shape index (κ3) is 2.88. The summed E-state index contributed by atoms with van der Waals surface area (Å²) in [6, 6.07) is 0. The summed E-state index contributed by atoms with van der Waals surface area (Å²) in [6.07, 6.45) is 4.25. The van der Waals surface area contributed by atoms with E-state index in [1.54, 1.807) is 11.8 Å². The first-order chi connectivity index (χ1) is 6.45. The van der Waals surface area contributed by atoms with Crippen molar-refractivity contribution in [3.05, 3.63) is 0 Å². The zero-order valence-corrected chi connectivity index (χ0v) is 8.61. The van der Waals surface area contributed by atoms with Crippen molar-refractivity contribution in [3.63, 3.8) is 0 Å². The lowest BCUT2D eigenvalue weighted by molar-refractivity contribution is 0.0316. The molecule has 0 aromatic heterocycles. The van der Waals surface area contributed by atoms with Gasteiger partial charge in [0.15, 0.2) is 5.17 Å². The Morgan fingerprint density at radius 2 is 2.54 bits per heavy atom. The number of ether oxygens (including phenoxy) is 1. The highest BCUT2D eigenvalue weighted by molar-refractivity contribution is 8.13. The molecule has 0 aromatic carbocycles. The van der Waals surface area contributed by atoms with E-state index < -0.39 is 0 Å². The zero-order valence-electron chi connectivity index (χ0n) is 7.79. The van der Waals surface area contributed by atoms with E-state index in [1.807, 2.05) is 0 Å². The van der Waals surface area contributed by atoms with Crippen molar-refractivity contribution in [3.8, 4) is 0 Å². The van der Waals surface area contributed by atoms with Crippen molar-refractivity contribution in [1.82, 2.24) is 5.32 Å². The van der Waals surface area contributed by atoms with E-state index in [-0.39, 0.29) is 0 Å². The summed E-state index contributed by atoms with van der Waals surface area (Å²) < 4.78 is 5.63. The molecule has 2 aliphatic heterocycles. The lowest BCUT2D eigenvalue weighted by atomic mass is 10.1. The Morgan fingerprint density at radius 3 is 3.23 bits per heavy atom. The van der Waals surface area contributed by atoms with E-state index in [4.69, 9.17) is 4.74 Å². The lowest BCUT2D eigenvalue weighted by Crippen LogP contribution is -2.24. The maximum atomic E-state index is 5.63. The molecule has 3 nitrogen and oxygen atoms in total. The molecular weight excluding hydrogens is 184 g/mol. The molecule has 2 aliphatic rings. The molecule has 4 heteroatoms. The van der Waals surface area contributed by atoms with Crippen LogP contribution in [0.25, 0.3) is 0 Å². The highest BCUT2D eigenvalue weighted by Gasteiger charge is 2.15. The normalized spacial score (nSPS) is 28.3. The van der Waals surface area contributed by atoms with Gasteiger partial charge in [-0.1, -0.05) is 11.8 Å². The average Bonchev–Trinajstić information content (AvgIpc) is 2.69. The van der Waals surface area contributed by atoms with E-state index in [1.165, 1.54) is 19.3 Å². The Bertz CT molecular complexity index is 190. The van der Waals surface area contributed by atoms with Gasteiger partial charge in [-0.25, -0.2) is 0 Å². The number of amidine groups is 1. The number of hydrogen-bond acceptors (Lipinski definition) is 4. The van der Waals surface area contributed by atoms with Crippen LogP contribution in [0.15, 0.2) is 4.99 Å². The SMILES string of the molecule is C1CCC(CSC2=NCCN2)OC1. The number of thioether (sulfide) groups is 1. The fourth-order valence-corrected chi connectivity index (χ4v) is 2.58. The monoisotopic (exact) mass is 200 g/mol. The molecule has 0 spiro atoms. The molecule has 13 heavy (non-hydrogen) atoms. The molecule has 0 saturated carbocycles. The van der Waals surface area contributed by atoms with Crippen molar-refractivity contribution in [2.45, 2.75) is 25.4 Å². The van der Waals surface area contributed by atoms with Crippen LogP contribution in [0.2, 0.25) is 0 Å². The molecule has 0 aromatic rings. The lowest BCUT2D eigenvalue weighted by Gasteiger charge is -2.21. The van der Waals surface area contributed by atoms with Crippen molar-refractivity contribution in [1.29, 1.82) is 0 Å². The molecule has 1 N–H and O–H groups in total. The molecule has 1 unspecified atom stereocenters. The van der Waals surface area contributed by atoms with Crippen LogP contribution in [0, 0.1) is 0 Å². The van der Waals surface area contributed by atoms with Crippen LogP contribution in [-0.2, 0) is 4.74 Å². The van der Waals surface area contributed by atoms with Crippen LogP contribution in [0.1, 0.15) is 19.3 Å². The Balaban J connectivity index is 1.66. The predicted molar refractivity (Wildman–Crippen MR) is 56.4 cm³/mol. The van der Waals surface area contributed by atoms with Gasteiger partial charge < -0.3 is 10.1 Å². The van der Waals surface area contributed by atoms with Gasteiger partial charge >= 0.3 is 0 Å². The van der Waals surface area contributed by atoms with E-state index in [9.17, 15) is 0 Å². The minimum atomic E-state index is 0.462. The molecule has 74 valence electrons. The maximum Gasteiger partial charge on any atom is 0.156 e. The number of nitrogens with zero attached hydrogens (tertiary/aromatic N) is 1. The van der Waals surface area contributed by atoms with Crippen LogP contribution in [0.3, 0.4) is 0 Å². The third-order valence-corrected chi connectivity index (χ3v) is 3.41. The molecule has 2 rings (SSSR count). The standard InChI is InChI=1S/C9H16N2OS/c1-2-6-12-8(3-1)7-13-9-10-4-5-11-9/h8H,1-7H2,(H,10,11). The average molecular weight is 200 g/mol. The summed E-state index contributed by atoms with van der Waals surface area (Å²) >= 11 is 1.80. The molecule has 0 radical (unpaired) electrons. The van der Waals surface area contributed by atoms with Crippen molar-refractivity contribution < 1.29 is 4.74 Å². The van der Waals surface area contributed by atoms with Gasteiger partial charge in [0.25, 0.3) is 0 Å². The molecule has 0 aliphatic carbocycles. The Hall–Kier alpha value is -0.220. The highest BCUT2D eigenvalue weighted by atomic mass is 32.2. The van der Waals surface area contributed by atoms with Crippen LogP contribution in [-0.4, -0.2) is 36.7 Å². The summed E-state index contributed by atoms with van der Waals surface area (Å²) in [7, 11) is 0. The Kier molecular flexibility index (Phi) is 3.49. The quantitative estimate of drug-likeness (QED) is 0.728. The van der Waals surface area contributed by atoms with Crippen LogP contribution >= 0.6 is 11.8 Å². The predicted octanol–water partition coefficient (Wildman–Crippen LogP) is 1.25. The summed E-state index contributed by atoms with van der Waals surface area (Å²) in [5.74, 6) is 1.06. The molecule has 1 fully saturated rings. The summed E-state index contributed by atoms with van der Waals surface area (Å²) in [6.45, 7) is 2.90. The van der Waals surface area contributed by atoms with E-state index in [0.29, 0.717) is 6.10 Å². The van der Waals surface area contributed by atoms with Gasteiger partial charge in [0.2, 0.25) is 0 Å². The summed E-state index contributed by atoms with van der Waals surface area (Å²) in [5, 5.41) is 4.36. The van der Waals surface area contributed by atoms with Gasteiger partial charge in [-0.2, -0.15) is 0 Å². The van der Waals surface area contributed by atoms with Crippen LogP contribution in [0.4, 0.5) is 0 Å². The molecule has 2 heterocycles. The first-order valence-corrected chi connectivity index (χ1v) is 5.96. The number of hydrogen-bond donors (Lipinski definition) is 1. The summed E-state index contributed by atoms with van der Waals surface area (Å²) in [4.78, 5) is 4.33. The fraction of sp³-hybridized carbons (Fsp3) is 0.889. The maximum absolute atomic E-state index is 5.63. The minimum absolute atomic E-state index is 0.462. The zero-order chi connectivity index (χ0) is 8.93. The van der Waals surface area contributed by atoms with E-state index >= 15 is 0 Å². The molecule has 1 saturated heterocycles. The van der Waals surface area contributed by atoms with Gasteiger partial charge in [0.1, 0.15) is 0 Å². The van der Waals surface area contributed by atoms with Crippen LogP contribution < -0.4 is 5.32 Å². The van der Waals surface area contributed by atoms with Crippen LogP contribution in [0.5, 0.6) is 0 Å². The van der Waals surface area contributed by atoms with E-state index in [2.05, 4.69) is 10.3 Å². The van der Waals surface area contributed by atoms with Gasteiger partial charge in [-0.05, 0) is 19.3 Å². The molecular formula is C9H16N2OS. The number of nitrogens with one attached hydrogen (secondary N) is 1. The topological polar surface area (TPSA) is 33.6 Å². The molecule has 0 bridgehead atoms. The Morgan fingerprint density at radius 1 is 1.54 bits per heavy atom. The van der Waals surface area contributed by atoms with Gasteiger partial charge in [-0.15, -0.1) is 0 Å². The van der Waals surface area contributed by atoms with Crippen molar-refractivity contribution in [2.75, 3.05) is 25.4 Å². The van der Waals surface area contributed by atoms with Crippen molar-refractivity contribution >= 4 is 16.9 Å². The van der Waals surface area contributed by atoms with Gasteiger partial charge in [-0.3, -0.25) is 4.99 Å². The first-order valence-electron chi connectivity index (χ1n) is 4.98. The van der Waals surface area contributed by atoms with Crippen molar-refractivity contribution in [2.24, 2.45) is 4.99 Å². The smallest absolute Gasteiger partial charge is 0.156 e. The third-order valence-electron chi connectivity index (χ3n) is 2.32. The number of aliphatic imine (C=N–C) groups is 1. The number of rotatable bonds is 2. The highest BCUT2D eigenvalue weighted by Crippen LogP contribution is 2.18. The second kappa shape index (κ2) is 4.86. The Labute approximate surface area is 83.3 Å². The molecule has 1 atom stereocenters. The summed E-state index contributed by atoms with van der Waals surface area (Å²) in [5.41, 5.74) is 0. The molecule has 0 amide bonds. The van der Waals surface area contributed by atoms with Gasteiger partial charge in [0, 0.05) is 18.9 Å². The second-order valence-electron chi connectivity index (χ2n) is 3.41. The largest absolute Gasteiger partial charge is 0.377 e.